The second kappa shape index (κ2) is 4.33. The molecule has 0 aliphatic heterocycles. The van der Waals surface area contributed by atoms with Gasteiger partial charge in [0.2, 0.25) is 5.78 Å². The van der Waals surface area contributed by atoms with Gasteiger partial charge >= 0.3 is 11.4 Å². The van der Waals surface area contributed by atoms with E-state index >= 15 is 0 Å². The summed E-state index contributed by atoms with van der Waals surface area (Å²) in [4.78, 5) is 31.8. The number of nitrogens with zero attached hydrogens (tertiary/aromatic N) is 4. The van der Waals surface area contributed by atoms with Gasteiger partial charge in [0, 0.05) is 17.4 Å². The maximum atomic E-state index is 12.2. The maximum Gasteiger partial charge on any atom is 0.359 e. The minimum absolute atomic E-state index is 0.0720. The molecule has 0 fully saturated rings. The van der Waals surface area contributed by atoms with Gasteiger partial charge in [-0.05, 0) is 30.3 Å². The van der Waals surface area contributed by atoms with E-state index in [0.29, 0.717) is 10.7 Å². The van der Waals surface area contributed by atoms with Crippen molar-refractivity contribution >= 4 is 17.4 Å². The molecule has 0 N–H and O–H groups in total. The smallest absolute Gasteiger partial charge is 0.247 e. The lowest BCUT2D eigenvalue weighted by Gasteiger charge is -2.05. The van der Waals surface area contributed by atoms with Crippen LogP contribution in [0.5, 0.6) is 0 Å². The topological polar surface area (TPSA) is 69.3 Å². The Morgan fingerprint density at radius 3 is 2.58 bits per heavy atom. The first-order chi connectivity index (χ1) is 9.16. The van der Waals surface area contributed by atoms with Crippen LogP contribution in [0.4, 0.5) is 0 Å². The van der Waals surface area contributed by atoms with E-state index in [-0.39, 0.29) is 5.78 Å². The van der Waals surface area contributed by atoms with Gasteiger partial charge in [-0.25, -0.2) is 23.5 Å². The van der Waals surface area contributed by atoms with Gasteiger partial charge < -0.3 is 0 Å². The fourth-order valence-electron chi connectivity index (χ4n) is 1.73. The molecule has 0 radical (unpaired) electrons. The molecule has 0 saturated carbocycles. The van der Waals surface area contributed by atoms with E-state index < -0.39 is 11.4 Å². The molecule has 0 amide bonds. The second-order valence-electron chi connectivity index (χ2n) is 3.78. The molecule has 0 bridgehead atoms. The Kier molecular flexibility index (Phi) is 2.64. The van der Waals surface area contributed by atoms with Gasteiger partial charge in [-0.1, -0.05) is 11.6 Å². The van der Waals surface area contributed by atoms with Crippen molar-refractivity contribution in [1.82, 2.24) is 18.9 Å². The molecule has 2 aromatic heterocycles. The van der Waals surface area contributed by atoms with E-state index in [4.69, 9.17) is 11.6 Å². The largest absolute Gasteiger partial charge is 0.359 e. The van der Waals surface area contributed by atoms with Gasteiger partial charge in [0.15, 0.2) is 0 Å². The Morgan fingerprint density at radius 2 is 1.84 bits per heavy atom. The van der Waals surface area contributed by atoms with E-state index in [0.717, 1.165) is 4.57 Å². The van der Waals surface area contributed by atoms with Crippen LogP contribution in [0, 0.1) is 0 Å². The van der Waals surface area contributed by atoms with Crippen molar-refractivity contribution in [3.8, 4) is 5.69 Å². The van der Waals surface area contributed by atoms with Gasteiger partial charge in [0.25, 0.3) is 0 Å². The summed E-state index contributed by atoms with van der Waals surface area (Å²) >= 11 is 5.78. The molecular weight excluding hydrogens is 268 g/mol. The molecule has 0 aliphatic carbocycles. The van der Waals surface area contributed by atoms with Gasteiger partial charge in [-0.2, -0.15) is 4.98 Å². The summed E-state index contributed by atoms with van der Waals surface area (Å²) in [5.74, 6) is 0.0720. The van der Waals surface area contributed by atoms with E-state index in [9.17, 15) is 9.59 Å². The molecule has 0 saturated heterocycles. The number of hydrogen-bond donors (Lipinski definition) is 0. The van der Waals surface area contributed by atoms with Crippen LogP contribution in [-0.4, -0.2) is 18.9 Å². The predicted octanol–water partition coefficient (Wildman–Crippen LogP) is 0.894. The van der Waals surface area contributed by atoms with E-state index in [2.05, 4.69) is 9.97 Å². The van der Waals surface area contributed by atoms with Gasteiger partial charge in [0.05, 0.1) is 5.69 Å². The molecule has 2 heterocycles. The van der Waals surface area contributed by atoms with Crippen molar-refractivity contribution in [3.63, 3.8) is 0 Å². The first-order valence-electron chi connectivity index (χ1n) is 5.39. The molecule has 0 aliphatic rings. The van der Waals surface area contributed by atoms with Crippen molar-refractivity contribution in [1.29, 1.82) is 0 Å². The van der Waals surface area contributed by atoms with Gasteiger partial charge in [-0.15, -0.1) is 0 Å². The molecule has 6 nitrogen and oxygen atoms in total. The van der Waals surface area contributed by atoms with Crippen LogP contribution in [0.2, 0.25) is 5.02 Å². The summed E-state index contributed by atoms with van der Waals surface area (Å²) in [6.07, 6.45) is 2.97. The minimum atomic E-state index is -0.675. The van der Waals surface area contributed by atoms with Crippen molar-refractivity contribution < 1.29 is 0 Å². The highest BCUT2D eigenvalue weighted by atomic mass is 35.5. The van der Waals surface area contributed by atoms with Crippen molar-refractivity contribution in [2.75, 3.05) is 0 Å². The van der Waals surface area contributed by atoms with Crippen molar-refractivity contribution in [2.45, 2.75) is 0 Å². The average molecular weight is 275 g/mol. The summed E-state index contributed by atoms with van der Waals surface area (Å²) in [6.45, 7) is 0. The predicted molar refractivity (Wildman–Crippen MR) is 69.9 cm³/mol. The van der Waals surface area contributed by atoms with Crippen LogP contribution < -0.4 is 11.4 Å². The van der Waals surface area contributed by atoms with Crippen LogP contribution in [0.3, 0.4) is 0 Å². The fraction of sp³-hybridized carbons (Fsp3) is 0. The molecular formula is C12H7ClN4O2. The Hall–Kier alpha value is -2.47. The summed E-state index contributed by atoms with van der Waals surface area (Å²) in [6, 6.07) is 7.94. The zero-order valence-corrected chi connectivity index (χ0v) is 10.3. The number of halogens is 1. The Morgan fingerprint density at radius 1 is 1.11 bits per heavy atom. The molecule has 1 aromatic carbocycles. The quantitative estimate of drug-likeness (QED) is 0.661. The Balaban J connectivity index is 2.39. The molecule has 3 aromatic rings. The number of aromatic nitrogens is 4. The third kappa shape index (κ3) is 1.92. The SMILES string of the molecule is O=c1nc2ncccn2c(=O)n1-c1ccc(Cl)cc1. The van der Waals surface area contributed by atoms with Crippen LogP contribution in [0.1, 0.15) is 0 Å². The van der Waals surface area contributed by atoms with Crippen molar-refractivity contribution in [3.05, 3.63) is 68.7 Å². The standard InChI is InChI=1S/C12H7ClN4O2/c13-8-2-4-9(5-3-8)17-11(18)15-10-14-6-1-7-16(10)12(17)19/h1-7H. The van der Waals surface area contributed by atoms with Crippen LogP contribution in [-0.2, 0) is 0 Å². The normalized spacial score (nSPS) is 10.8. The highest BCUT2D eigenvalue weighted by Gasteiger charge is 2.09. The number of hydrogen-bond acceptors (Lipinski definition) is 4. The lowest BCUT2D eigenvalue weighted by molar-refractivity contribution is 0.782. The molecule has 3 rings (SSSR count). The Bertz CT molecular complexity index is 867. The molecule has 94 valence electrons. The number of fused-ring (bicyclic) bond motifs is 1. The average Bonchev–Trinajstić information content (AvgIpc) is 2.41. The monoisotopic (exact) mass is 274 g/mol. The Labute approximate surface area is 111 Å². The van der Waals surface area contributed by atoms with E-state index in [1.54, 1.807) is 30.3 Å². The molecule has 0 spiro atoms. The first-order valence-corrected chi connectivity index (χ1v) is 5.77. The maximum absolute atomic E-state index is 12.2. The lowest BCUT2D eigenvalue weighted by atomic mass is 10.3. The second-order valence-corrected chi connectivity index (χ2v) is 4.21. The minimum Gasteiger partial charge on any atom is -0.247 e. The number of benzene rings is 1. The molecule has 0 unspecified atom stereocenters. The number of rotatable bonds is 1. The van der Waals surface area contributed by atoms with Crippen LogP contribution in [0.15, 0.2) is 52.3 Å². The third-order valence-electron chi connectivity index (χ3n) is 2.60. The lowest BCUT2D eigenvalue weighted by Crippen LogP contribution is -2.38. The highest BCUT2D eigenvalue weighted by molar-refractivity contribution is 6.30. The van der Waals surface area contributed by atoms with Gasteiger partial charge in [-0.3, -0.25) is 0 Å². The molecule has 0 atom stereocenters. The molecule has 7 heteroatoms. The van der Waals surface area contributed by atoms with Crippen LogP contribution >= 0.6 is 11.6 Å². The summed E-state index contributed by atoms with van der Waals surface area (Å²) in [7, 11) is 0. The summed E-state index contributed by atoms with van der Waals surface area (Å²) < 4.78 is 2.17. The van der Waals surface area contributed by atoms with E-state index in [1.165, 1.54) is 16.8 Å². The molecule has 19 heavy (non-hydrogen) atoms. The summed E-state index contributed by atoms with van der Waals surface area (Å²) in [5, 5.41) is 0.521. The fourth-order valence-corrected chi connectivity index (χ4v) is 1.86. The van der Waals surface area contributed by atoms with Gasteiger partial charge in [0.1, 0.15) is 0 Å². The van der Waals surface area contributed by atoms with Crippen LogP contribution in [0.25, 0.3) is 11.5 Å². The zero-order chi connectivity index (χ0) is 13.4. The van der Waals surface area contributed by atoms with E-state index in [1.807, 2.05) is 0 Å². The summed E-state index contributed by atoms with van der Waals surface area (Å²) in [5.41, 5.74) is -0.790. The van der Waals surface area contributed by atoms with Crippen molar-refractivity contribution in [2.24, 2.45) is 0 Å². The first kappa shape index (κ1) is 11.6. The third-order valence-corrected chi connectivity index (χ3v) is 2.85. The highest BCUT2D eigenvalue weighted by Crippen LogP contribution is 2.10. The zero-order valence-electron chi connectivity index (χ0n) is 9.52.